The maximum absolute atomic E-state index is 12.4. The van der Waals surface area contributed by atoms with Gasteiger partial charge in [0.05, 0.1) is 12.7 Å². The predicted octanol–water partition coefficient (Wildman–Crippen LogP) is -0.0923. The maximum Gasteiger partial charge on any atom is 0.323 e. The predicted molar refractivity (Wildman–Crippen MR) is 135 cm³/mol. The number of benzene rings is 1. The third-order valence-corrected chi connectivity index (χ3v) is 7.87. The lowest BCUT2D eigenvalue weighted by molar-refractivity contribution is -0.164. The number of hydrogen-bond donors (Lipinski definition) is 5. The molecule has 7 atom stereocenters. The lowest BCUT2D eigenvalue weighted by Gasteiger charge is -2.38. The van der Waals surface area contributed by atoms with Crippen molar-refractivity contribution in [3.05, 3.63) is 42.6 Å². The van der Waals surface area contributed by atoms with Crippen molar-refractivity contribution in [2.24, 2.45) is 0 Å². The third kappa shape index (κ3) is 6.87. The minimum atomic E-state index is -3.47. The standard InChI is InChI=1S/C23H30N3O9PS/c1-5-23(31)19(28)17(34-21(23)26-12-11-18(27)24-22(26)30)13-32-36(37,35-16-9-7-6-8-10-16)25-15(4)20(29)33-14(2)3/h1,6-12,14-15,17,19,21-22,28,30-31H,13H2,2-4H3,(H,24,27)(H,25,37)/t15-,17+,19+,21+,22?,23+,36?/m0/s1. The zero-order valence-corrected chi connectivity index (χ0v) is 22.1. The number of hydrogen-bond acceptors (Lipinski definition) is 11. The highest BCUT2D eigenvalue weighted by Gasteiger charge is 2.58. The Bertz CT molecular complexity index is 1100. The van der Waals surface area contributed by atoms with Crippen LogP contribution in [0.2, 0.25) is 0 Å². The number of terminal acetylenes is 1. The molecule has 1 aromatic rings. The molecule has 0 bridgehead atoms. The van der Waals surface area contributed by atoms with Crippen molar-refractivity contribution in [3.63, 3.8) is 0 Å². The highest BCUT2D eigenvalue weighted by atomic mass is 32.5. The molecule has 2 heterocycles. The Morgan fingerprint density at radius 1 is 1.35 bits per heavy atom. The Labute approximate surface area is 219 Å². The number of ether oxygens (including phenoxy) is 2. The number of aliphatic hydroxyl groups is 3. The zero-order chi connectivity index (χ0) is 27.4. The molecule has 3 rings (SSSR count). The number of aliphatic hydroxyl groups excluding tert-OH is 2. The summed E-state index contributed by atoms with van der Waals surface area (Å²) in [6, 6.07) is 7.62. The van der Waals surface area contributed by atoms with Crippen molar-refractivity contribution >= 4 is 30.3 Å². The normalized spacial score (nSPS) is 29.8. The first-order valence-corrected chi connectivity index (χ1v) is 14.0. The molecule has 5 N–H and O–H groups in total. The second-order valence-corrected chi connectivity index (χ2v) is 11.8. The first-order chi connectivity index (χ1) is 17.4. The summed E-state index contributed by atoms with van der Waals surface area (Å²) >= 11 is 5.64. The van der Waals surface area contributed by atoms with Crippen LogP contribution in [-0.2, 0) is 35.4 Å². The molecular formula is C23H30N3O9PS. The summed E-state index contributed by atoms with van der Waals surface area (Å²) in [6.45, 7) is 1.07. The van der Waals surface area contributed by atoms with Gasteiger partial charge in [0.25, 0.3) is 0 Å². The Balaban J connectivity index is 1.79. The Kier molecular flexibility index (Phi) is 9.33. The van der Waals surface area contributed by atoms with Gasteiger partial charge in [-0.2, -0.15) is 0 Å². The van der Waals surface area contributed by atoms with E-state index in [9.17, 15) is 24.9 Å². The highest BCUT2D eigenvalue weighted by molar-refractivity contribution is 8.09. The summed E-state index contributed by atoms with van der Waals surface area (Å²) < 4.78 is 22.8. The minimum absolute atomic E-state index is 0.352. The molecule has 1 aromatic carbocycles. The van der Waals surface area contributed by atoms with Crippen LogP contribution in [-0.4, -0.2) is 81.2 Å². The van der Waals surface area contributed by atoms with Gasteiger partial charge < -0.3 is 44.1 Å². The summed E-state index contributed by atoms with van der Waals surface area (Å²) in [5, 5.41) is 37.2. The van der Waals surface area contributed by atoms with Gasteiger partial charge in [-0.05, 0) is 44.7 Å². The van der Waals surface area contributed by atoms with Gasteiger partial charge in [-0.3, -0.25) is 9.59 Å². The molecule has 0 radical (unpaired) electrons. The van der Waals surface area contributed by atoms with Crippen LogP contribution in [0.3, 0.4) is 0 Å². The molecule has 2 aliphatic rings. The van der Waals surface area contributed by atoms with E-state index in [2.05, 4.69) is 16.3 Å². The molecule has 12 nitrogen and oxygen atoms in total. The van der Waals surface area contributed by atoms with Crippen molar-refractivity contribution in [2.45, 2.75) is 63.3 Å². The molecule has 2 aliphatic heterocycles. The van der Waals surface area contributed by atoms with Crippen LogP contribution >= 0.6 is 6.64 Å². The largest absolute Gasteiger partial charge is 0.462 e. The van der Waals surface area contributed by atoms with E-state index >= 15 is 0 Å². The van der Waals surface area contributed by atoms with Crippen LogP contribution in [0, 0.1) is 12.3 Å². The highest BCUT2D eigenvalue weighted by Crippen LogP contribution is 2.46. The minimum Gasteiger partial charge on any atom is -0.462 e. The van der Waals surface area contributed by atoms with Crippen molar-refractivity contribution in [1.82, 2.24) is 15.3 Å². The van der Waals surface area contributed by atoms with Crippen molar-refractivity contribution in [2.75, 3.05) is 6.61 Å². The van der Waals surface area contributed by atoms with Gasteiger partial charge in [-0.25, -0.2) is 5.09 Å². The van der Waals surface area contributed by atoms with Crippen molar-refractivity contribution in [1.29, 1.82) is 0 Å². The lowest BCUT2D eigenvalue weighted by atomic mass is 9.94. The number of esters is 1. The fourth-order valence-corrected chi connectivity index (χ4v) is 5.97. The van der Waals surface area contributed by atoms with Gasteiger partial charge in [0.15, 0.2) is 11.8 Å². The van der Waals surface area contributed by atoms with Crippen LogP contribution < -0.4 is 14.9 Å². The topological polar surface area (TPSA) is 159 Å². The molecule has 37 heavy (non-hydrogen) atoms. The van der Waals surface area contributed by atoms with E-state index < -0.39 is 61.6 Å². The molecular weight excluding hydrogens is 525 g/mol. The average Bonchev–Trinajstić information content (AvgIpc) is 3.08. The van der Waals surface area contributed by atoms with Crippen LogP contribution in [0.1, 0.15) is 20.8 Å². The average molecular weight is 556 g/mol. The van der Waals surface area contributed by atoms with E-state index in [-0.39, 0.29) is 6.10 Å². The van der Waals surface area contributed by atoms with Gasteiger partial charge in [0.1, 0.15) is 24.0 Å². The fourth-order valence-electron chi connectivity index (χ4n) is 3.56. The Hall–Kier alpha value is -2.53. The molecule has 0 spiro atoms. The van der Waals surface area contributed by atoms with Crippen LogP contribution in [0.4, 0.5) is 0 Å². The van der Waals surface area contributed by atoms with Crippen molar-refractivity contribution < 1.29 is 43.4 Å². The summed E-state index contributed by atoms with van der Waals surface area (Å²) in [7, 11) is 0. The van der Waals surface area contributed by atoms with Gasteiger partial charge in [0.2, 0.25) is 12.3 Å². The van der Waals surface area contributed by atoms with Gasteiger partial charge >= 0.3 is 12.6 Å². The van der Waals surface area contributed by atoms with Gasteiger partial charge in [-0.15, -0.1) is 6.42 Å². The molecule has 2 unspecified atom stereocenters. The first-order valence-electron chi connectivity index (χ1n) is 11.3. The number of carbonyl (C=O) groups excluding carboxylic acids is 2. The maximum atomic E-state index is 12.4. The summed E-state index contributed by atoms with van der Waals surface area (Å²) in [6.07, 6.45) is 1.50. The molecule has 1 fully saturated rings. The Morgan fingerprint density at radius 2 is 2.03 bits per heavy atom. The SMILES string of the molecule is C#C[C@@]1(O)[C@H](O)[C@@H](COP(=S)(N[C@@H](C)C(=O)OC(C)C)Oc2ccccc2)O[C@H]1N1C=CC(=O)NC1O. The van der Waals surface area contributed by atoms with E-state index in [4.69, 9.17) is 36.8 Å². The van der Waals surface area contributed by atoms with Crippen molar-refractivity contribution in [3.8, 4) is 18.1 Å². The van der Waals surface area contributed by atoms with E-state index in [1.807, 2.05) is 0 Å². The Morgan fingerprint density at radius 3 is 2.62 bits per heavy atom. The molecule has 202 valence electrons. The molecule has 0 saturated carbocycles. The molecule has 1 amide bonds. The lowest BCUT2D eigenvalue weighted by Crippen LogP contribution is -2.60. The van der Waals surface area contributed by atoms with Crippen LogP contribution in [0.5, 0.6) is 5.75 Å². The third-order valence-electron chi connectivity index (χ3n) is 5.37. The number of carbonyl (C=O) groups is 2. The molecule has 14 heteroatoms. The summed E-state index contributed by atoms with van der Waals surface area (Å²) in [5.41, 5.74) is -2.29. The first kappa shape index (κ1) is 29.0. The number of para-hydroxylation sites is 1. The monoisotopic (exact) mass is 555 g/mol. The van der Waals surface area contributed by atoms with Crippen LogP contribution in [0.25, 0.3) is 0 Å². The number of amides is 1. The van der Waals surface area contributed by atoms with E-state index in [0.29, 0.717) is 5.75 Å². The van der Waals surface area contributed by atoms with E-state index in [1.54, 1.807) is 44.2 Å². The van der Waals surface area contributed by atoms with Crippen LogP contribution in [0.15, 0.2) is 42.6 Å². The van der Waals surface area contributed by atoms with Gasteiger partial charge in [0, 0.05) is 12.3 Å². The zero-order valence-electron chi connectivity index (χ0n) is 20.4. The second kappa shape index (κ2) is 11.9. The number of nitrogens with one attached hydrogen (secondary N) is 2. The molecule has 0 aromatic heterocycles. The van der Waals surface area contributed by atoms with E-state index in [0.717, 1.165) is 11.0 Å². The van der Waals surface area contributed by atoms with Gasteiger partial charge in [-0.1, -0.05) is 24.1 Å². The second-order valence-electron chi connectivity index (χ2n) is 8.62. The summed E-state index contributed by atoms with van der Waals surface area (Å²) in [5.74, 6) is 1.33. The number of rotatable bonds is 10. The quantitative estimate of drug-likeness (QED) is 0.149. The van der Waals surface area contributed by atoms with E-state index in [1.165, 1.54) is 13.1 Å². The fraction of sp³-hybridized carbons (Fsp3) is 0.478. The number of nitrogens with zero attached hydrogens (tertiary/aromatic N) is 1. The molecule has 0 aliphatic carbocycles. The molecule has 1 saturated heterocycles. The smallest absolute Gasteiger partial charge is 0.323 e. The summed E-state index contributed by atoms with van der Waals surface area (Å²) in [4.78, 5) is 24.9.